The van der Waals surface area contributed by atoms with Crippen LogP contribution in [0.1, 0.15) is 5.56 Å². The van der Waals surface area contributed by atoms with Gasteiger partial charge in [-0.3, -0.25) is 4.79 Å². The monoisotopic (exact) mass is 371 g/mol. The van der Waals surface area contributed by atoms with Gasteiger partial charge in [0.15, 0.2) is 0 Å². The third-order valence-electron chi connectivity index (χ3n) is 2.18. The van der Waals surface area contributed by atoms with Crippen LogP contribution in [0.15, 0.2) is 18.2 Å². The van der Waals surface area contributed by atoms with Crippen LogP contribution in [0.25, 0.3) is 0 Å². The van der Waals surface area contributed by atoms with Crippen LogP contribution in [0.3, 0.4) is 0 Å². The zero-order valence-corrected chi connectivity index (χ0v) is 12.6. The normalized spacial score (nSPS) is 11.3. The molecule has 0 fully saturated rings. The number of methoxy groups -OCH3 is 2. The molecule has 0 aliphatic rings. The van der Waals surface area contributed by atoms with Crippen LogP contribution in [0.4, 0.5) is 0 Å². The van der Waals surface area contributed by atoms with Gasteiger partial charge in [-0.25, -0.2) is 0 Å². The first-order chi connectivity index (χ1) is 7.58. The first-order valence-corrected chi connectivity index (χ1v) is 5.82. The maximum atomic E-state index is 11.2. The minimum absolute atomic E-state index is 0. The van der Waals surface area contributed by atoms with E-state index in [1.54, 1.807) is 7.11 Å². The largest absolute Gasteiger partial charge is 0.496 e. The predicted molar refractivity (Wildman–Crippen MR) is 76.7 cm³/mol. The standard InChI is InChI=1S/C11H14INO3.ClH/c1-15-10-4-3-7(5-8(10)12)6-9(13)11(14)16-2;/h3-5,9H,6,13H2,1-2H3;1H/t9-;/m0./s1. The molecule has 0 aliphatic heterocycles. The molecular formula is C11H15ClINO3. The number of carbonyl (C=O) groups is 1. The van der Waals surface area contributed by atoms with Gasteiger partial charge in [-0.15, -0.1) is 12.4 Å². The number of halogens is 2. The highest BCUT2D eigenvalue weighted by molar-refractivity contribution is 14.1. The smallest absolute Gasteiger partial charge is 0.322 e. The molecule has 6 heteroatoms. The van der Waals surface area contributed by atoms with Crippen LogP contribution < -0.4 is 10.5 Å². The summed E-state index contributed by atoms with van der Waals surface area (Å²) in [5.41, 5.74) is 6.66. The van der Waals surface area contributed by atoms with Gasteiger partial charge in [0.2, 0.25) is 0 Å². The number of nitrogens with two attached hydrogens (primary N) is 1. The Morgan fingerprint density at radius 3 is 2.59 bits per heavy atom. The van der Waals surface area contributed by atoms with Crippen molar-refractivity contribution >= 4 is 41.0 Å². The first kappa shape index (κ1) is 16.5. The molecule has 4 nitrogen and oxygen atoms in total. The van der Waals surface area contributed by atoms with Gasteiger partial charge in [-0.1, -0.05) is 6.07 Å². The van der Waals surface area contributed by atoms with Crippen LogP contribution in [0, 0.1) is 3.57 Å². The number of esters is 1. The summed E-state index contributed by atoms with van der Waals surface area (Å²) in [6, 6.07) is 5.08. The Morgan fingerprint density at radius 1 is 1.47 bits per heavy atom. The minimum atomic E-state index is -0.616. The van der Waals surface area contributed by atoms with Gasteiger partial charge in [0.25, 0.3) is 0 Å². The molecule has 0 aromatic heterocycles. The zero-order valence-electron chi connectivity index (χ0n) is 9.60. The molecule has 1 aromatic carbocycles. The molecule has 1 atom stereocenters. The van der Waals surface area contributed by atoms with Crippen molar-refractivity contribution in [2.75, 3.05) is 14.2 Å². The third-order valence-corrected chi connectivity index (χ3v) is 3.02. The lowest BCUT2D eigenvalue weighted by molar-refractivity contribution is -0.142. The number of carbonyl (C=O) groups excluding carboxylic acids is 1. The van der Waals surface area contributed by atoms with Crippen molar-refractivity contribution in [1.29, 1.82) is 0 Å². The van der Waals surface area contributed by atoms with Gasteiger partial charge >= 0.3 is 5.97 Å². The van der Waals surface area contributed by atoms with E-state index in [4.69, 9.17) is 10.5 Å². The lowest BCUT2D eigenvalue weighted by atomic mass is 10.1. The fourth-order valence-electron chi connectivity index (χ4n) is 1.33. The summed E-state index contributed by atoms with van der Waals surface area (Å²) in [7, 11) is 2.96. The SMILES string of the molecule is COC(=O)[C@@H](N)Cc1ccc(OC)c(I)c1.Cl. The van der Waals surface area contributed by atoms with Gasteiger partial charge < -0.3 is 15.2 Å². The maximum Gasteiger partial charge on any atom is 0.322 e. The third kappa shape index (κ3) is 4.69. The summed E-state index contributed by atoms with van der Waals surface area (Å²) in [6.45, 7) is 0. The van der Waals surface area contributed by atoms with E-state index >= 15 is 0 Å². The van der Waals surface area contributed by atoms with Crippen molar-refractivity contribution in [2.45, 2.75) is 12.5 Å². The second-order valence-electron chi connectivity index (χ2n) is 3.30. The molecule has 1 aromatic rings. The van der Waals surface area contributed by atoms with Gasteiger partial charge in [-0.05, 0) is 46.7 Å². The lowest BCUT2D eigenvalue weighted by Crippen LogP contribution is -2.33. The fraction of sp³-hybridized carbons (Fsp3) is 0.364. The molecule has 0 radical (unpaired) electrons. The van der Waals surface area contributed by atoms with E-state index in [2.05, 4.69) is 27.3 Å². The average molecular weight is 372 g/mol. The van der Waals surface area contributed by atoms with Gasteiger partial charge in [0.1, 0.15) is 11.8 Å². The summed E-state index contributed by atoms with van der Waals surface area (Å²) in [4.78, 5) is 11.2. The second-order valence-corrected chi connectivity index (χ2v) is 4.46. The Bertz CT molecular complexity index is 387. The summed E-state index contributed by atoms with van der Waals surface area (Å²) >= 11 is 2.18. The maximum absolute atomic E-state index is 11.2. The van der Waals surface area contributed by atoms with E-state index in [-0.39, 0.29) is 12.4 Å². The number of hydrogen-bond donors (Lipinski definition) is 1. The molecule has 0 unspecified atom stereocenters. The number of ether oxygens (including phenoxy) is 2. The quantitative estimate of drug-likeness (QED) is 0.647. The highest BCUT2D eigenvalue weighted by Crippen LogP contribution is 2.22. The molecule has 0 heterocycles. The Hall–Kier alpha value is -0.530. The van der Waals surface area contributed by atoms with Crippen LogP contribution in [0.5, 0.6) is 5.75 Å². The summed E-state index contributed by atoms with van der Waals surface area (Å²) < 4.78 is 10.7. The average Bonchev–Trinajstić information content (AvgIpc) is 2.28. The van der Waals surface area contributed by atoms with E-state index in [1.807, 2.05) is 18.2 Å². The van der Waals surface area contributed by atoms with E-state index in [9.17, 15) is 4.79 Å². The van der Waals surface area contributed by atoms with Crippen LogP contribution in [0.2, 0.25) is 0 Å². The molecule has 0 saturated heterocycles. The first-order valence-electron chi connectivity index (χ1n) is 4.74. The molecule has 0 aliphatic carbocycles. The molecule has 17 heavy (non-hydrogen) atoms. The topological polar surface area (TPSA) is 61.5 Å². The number of benzene rings is 1. The molecule has 1 rings (SSSR count). The van der Waals surface area contributed by atoms with Crippen molar-refractivity contribution in [3.8, 4) is 5.75 Å². The van der Waals surface area contributed by atoms with Crippen molar-refractivity contribution in [1.82, 2.24) is 0 Å². The molecule has 0 amide bonds. The van der Waals surface area contributed by atoms with E-state index in [0.29, 0.717) is 6.42 Å². The van der Waals surface area contributed by atoms with E-state index < -0.39 is 12.0 Å². The number of hydrogen-bond acceptors (Lipinski definition) is 4. The predicted octanol–water partition coefficient (Wildman–Crippen LogP) is 1.76. The molecule has 0 bridgehead atoms. The van der Waals surface area contributed by atoms with Crippen LogP contribution in [-0.4, -0.2) is 26.2 Å². The molecule has 96 valence electrons. The summed E-state index contributed by atoms with van der Waals surface area (Å²) in [6.07, 6.45) is 0.465. The lowest BCUT2D eigenvalue weighted by Gasteiger charge is -2.10. The Morgan fingerprint density at radius 2 is 2.12 bits per heavy atom. The van der Waals surface area contributed by atoms with Crippen molar-refractivity contribution in [3.05, 3.63) is 27.3 Å². The Kier molecular flexibility index (Phi) is 7.49. The van der Waals surface area contributed by atoms with Crippen molar-refractivity contribution in [2.24, 2.45) is 5.73 Å². The molecule has 2 N–H and O–H groups in total. The molecule has 0 spiro atoms. The zero-order chi connectivity index (χ0) is 12.1. The van der Waals surface area contributed by atoms with Crippen LogP contribution in [-0.2, 0) is 16.0 Å². The number of rotatable bonds is 4. The summed E-state index contributed by atoms with van der Waals surface area (Å²) in [5.74, 6) is 0.418. The summed E-state index contributed by atoms with van der Waals surface area (Å²) in [5, 5.41) is 0. The van der Waals surface area contributed by atoms with Crippen molar-refractivity contribution in [3.63, 3.8) is 0 Å². The molecule has 0 saturated carbocycles. The molecular weight excluding hydrogens is 356 g/mol. The highest BCUT2D eigenvalue weighted by atomic mass is 127. The van der Waals surface area contributed by atoms with E-state index in [0.717, 1.165) is 14.9 Å². The van der Waals surface area contributed by atoms with Gasteiger partial charge in [0, 0.05) is 0 Å². The minimum Gasteiger partial charge on any atom is -0.496 e. The Labute approximate surface area is 120 Å². The van der Waals surface area contributed by atoms with Gasteiger partial charge in [0.05, 0.1) is 17.8 Å². The van der Waals surface area contributed by atoms with Crippen molar-refractivity contribution < 1.29 is 14.3 Å². The fourth-order valence-corrected chi connectivity index (χ4v) is 2.13. The Balaban J connectivity index is 0.00000256. The van der Waals surface area contributed by atoms with Gasteiger partial charge in [-0.2, -0.15) is 0 Å². The highest BCUT2D eigenvalue weighted by Gasteiger charge is 2.14. The second kappa shape index (κ2) is 7.73. The van der Waals surface area contributed by atoms with E-state index in [1.165, 1.54) is 7.11 Å². The van der Waals surface area contributed by atoms with Crippen LogP contribution >= 0.6 is 35.0 Å².